The van der Waals surface area contributed by atoms with Crippen molar-refractivity contribution in [1.82, 2.24) is 9.97 Å². The highest BCUT2D eigenvalue weighted by molar-refractivity contribution is 5.98. The lowest BCUT2D eigenvalue weighted by Gasteiger charge is -2.42. The van der Waals surface area contributed by atoms with Crippen LogP contribution < -0.4 is 4.74 Å². The fourth-order valence-electron chi connectivity index (χ4n) is 7.93. The van der Waals surface area contributed by atoms with Crippen LogP contribution in [0.1, 0.15) is 22.3 Å². The Morgan fingerprint density at radius 3 is 1.62 bits per heavy atom. The molecule has 9 aromatic rings. The zero-order valence-electron chi connectivity index (χ0n) is 27.1. The number of nitrogens with zero attached hydrogens (tertiary/aromatic N) is 2. The first-order chi connectivity index (χ1) is 24.8. The predicted octanol–water partition coefficient (Wildman–Crippen LogP) is 11.8. The molecule has 0 bridgehead atoms. The molecule has 50 heavy (non-hydrogen) atoms. The fraction of sp³-hybridized carbons (Fsp3) is 0.0213. The predicted molar refractivity (Wildman–Crippen MR) is 204 cm³/mol. The van der Waals surface area contributed by atoms with Gasteiger partial charge in [-0.05, 0) is 34.0 Å². The van der Waals surface area contributed by atoms with Crippen molar-refractivity contribution < 1.29 is 4.74 Å². The monoisotopic (exact) mass is 638 g/mol. The van der Waals surface area contributed by atoms with E-state index in [2.05, 4.69) is 158 Å². The summed E-state index contributed by atoms with van der Waals surface area (Å²) in [5, 5.41) is 5.49. The summed E-state index contributed by atoms with van der Waals surface area (Å²) in [7, 11) is 0. The number of para-hydroxylation sites is 1. The minimum atomic E-state index is -0.695. The van der Waals surface area contributed by atoms with Gasteiger partial charge in [0.15, 0.2) is 5.82 Å². The van der Waals surface area contributed by atoms with Crippen molar-refractivity contribution in [2.45, 2.75) is 5.41 Å². The minimum Gasteiger partial charge on any atom is -0.455 e. The highest BCUT2D eigenvalue weighted by Crippen LogP contribution is 2.58. The molecule has 3 nitrogen and oxygen atoms in total. The summed E-state index contributed by atoms with van der Waals surface area (Å²) in [5.41, 5.74) is 7.68. The van der Waals surface area contributed by atoms with Gasteiger partial charge in [0, 0.05) is 38.4 Å². The van der Waals surface area contributed by atoms with Gasteiger partial charge in [0.2, 0.25) is 0 Å². The molecule has 0 N–H and O–H groups in total. The van der Waals surface area contributed by atoms with Crippen LogP contribution in [0.25, 0.3) is 55.1 Å². The van der Waals surface area contributed by atoms with E-state index >= 15 is 0 Å². The Labute approximate surface area is 290 Å². The quantitative estimate of drug-likeness (QED) is 0.192. The molecule has 0 unspecified atom stereocenters. The maximum absolute atomic E-state index is 7.12. The standard InChI is InChI=1S/C47H30N2O/c1-3-16-33(17-4-1)46-48-42-25-12-11-24-39(42)43(49-46)34-18-13-21-36(30-34)47(35-19-5-2-6-20-35)40-28-26-31-14-7-9-22-37(31)44(40)50-45-38-23-10-8-15-32(38)27-29-41(45)47/h1-30H. The molecule has 0 atom stereocenters. The second-order valence-corrected chi connectivity index (χ2v) is 12.9. The van der Waals surface area contributed by atoms with E-state index in [0.29, 0.717) is 5.82 Å². The topological polar surface area (TPSA) is 35.0 Å². The fourth-order valence-corrected chi connectivity index (χ4v) is 7.93. The van der Waals surface area contributed by atoms with E-state index in [1.807, 2.05) is 24.3 Å². The molecule has 8 aromatic carbocycles. The van der Waals surface area contributed by atoms with Crippen molar-refractivity contribution in [1.29, 1.82) is 0 Å². The summed E-state index contributed by atoms with van der Waals surface area (Å²) in [6.45, 7) is 0. The van der Waals surface area contributed by atoms with Crippen molar-refractivity contribution >= 4 is 32.4 Å². The van der Waals surface area contributed by atoms with E-state index in [4.69, 9.17) is 14.7 Å². The third kappa shape index (κ3) is 4.23. The summed E-state index contributed by atoms with van der Waals surface area (Å²) in [4.78, 5) is 10.3. The first kappa shape index (κ1) is 28.4. The average molecular weight is 639 g/mol. The number of ether oxygens (including phenoxy) is 1. The first-order valence-electron chi connectivity index (χ1n) is 17.0. The van der Waals surface area contributed by atoms with E-state index in [9.17, 15) is 0 Å². The molecule has 10 rings (SSSR count). The zero-order valence-corrected chi connectivity index (χ0v) is 27.1. The Hall–Kier alpha value is -6.58. The number of rotatable bonds is 4. The molecular weight excluding hydrogens is 609 g/mol. The molecule has 234 valence electrons. The Morgan fingerprint density at radius 2 is 0.940 bits per heavy atom. The van der Waals surface area contributed by atoms with Crippen LogP contribution in [-0.4, -0.2) is 9.97 Å². The molecule has 0 saturated heterocycles. The Morgan fingerprint density at radius 1 is 0.400 bits per heavy atom. The van der Waals surface area contributed by atoms with Gasteiger partial charge in [-0.25, -0.2) is 9.97 Å². The summed E-state index contributed by atoms with van der Waals surface area (Å²) in [6.07, 6.45) is 0. The smallest absolute Gasteiger partial charge is 0.160 e. The van der Waals surface area contributed by atoms with E-state index in [1.54, 1.807) is 0 Å². The van der Waals surface area contributed by atoms with Crippen LogP contribution in [0.3, 0.4) is 0 Å². The van der Waals surface area contributed by atoms with Crippen LogP contribution in [0.4, 0.5) is 0 Å². The summed E-state index contributed by atoms with van der Waals surface area (Å²) in [6, 6.07) is 64.4. The molecule has 0 fully saturated rings. The third-order valence-electron chi connectivity index (χ3n) is 10.2. The van der Waals surface area contributed by atoms with Crippen molar-refractivity contribution in [3.8, 4) is 34.1 Å². The van der Waals surface area contributed by atoms with Crippen LogP contribution in [-0.2, 0) is 5.41 Å². The molecule has 0 radical (unpaired) electrons. The minimum absolute atomic E-state index is 0.695. The summed E-state index contributed by atoms with van der Waals surface area (Å²) < 4.78 is 7.12. The van der Waals surface area contributed by atoms with Crippen LogP contribution >= 0.6 is 0 Å². The number of fused-ring (bicyclic) bond motifs is 7. The van der Waals surface area contributed by atoms with E-state index < -0.39 is 5.41 Å². The number of hydrogen-bond acceptors (Lipinski definition) is 3. The molecule has 0 spiro atoms. The van der Waals surface area contributed by atoms with Gasteiger partial charge in [-0.3, -0.25) is 0 Å². The van der Waals surface area contributed by atoms with Crippen LogP contribution in [0.15, 0.2) is 182 Å². The molecule has 1 aliphatic rings. The van der Waals surface area contributed by atoms with Gasteiger partial charge in [-0.2, -0.15) is 0 Å². The lowest BCUT2D eigenvalue weighted by Crippen LogP contribution is -2.34. The molecule has 3 heteroatoms. The normalized spacial score (nSPS) is 13.1. The van der Waals surface area contributed by atoms with Crippen molar-refractivity contribution in [3.05, 3.63) is 204 Å². The maximum Gasteiger partial charge on any atom is 0.160 e. The Kier molecular flexibility index (Phi) is 6.40. The molecule has 1 aliphatic heterocycles. The van der Waals surface area contributed by atoms with Gasteiger partial charge in [0.1, 0.15) is 11.5 Å². The van der Waals surface area contributed by atoms with Crippen molar-refractivity contribution in [2.24, 2.45) is 0 Å². The SMILES string of the molecule is c1ccc(-c2nc(-c3cccc(C4(c5ccccc5)c5ccc6ccccc6c5Oc5c4ccc4ccccc54)c3)c3ccccc3n2)cc1. The highest BCUT2D eigenvalue weighted by Gasteiger charge is 2.46. The van der Waals surface area contributed by atoms with Crippen LogP contribution in [0.5, 0.6) is 11.5 Å². The Bertz CT molecular complexity index is 2650. The second-order valence-electron chi connectivity index (χ2n) is 12.9. The average Bonchev–Trinajstić information content (AvgIpc) is 3.20. The molecule has 0 amide bonds. The number of benzene rings is 8. The van der Waals surface area contributed by atoms with Crippen LogP contribution in [0.2, 0.25) is 0 Å². The van der Waals surface area contributed by atoms with E-state index in [-0.39, 0.29) is 0 Å². The molecule has 2 heterocycles. The van der Waals surface area contributed by atoms with Gasteiger partial charge in [0.05, 0.1) is 16.6 Å². The lowest BCUT2D eigenvalue weighted by molar-refractivity contribution is 0.445. The van der Waals surface area contributed by atoms with Gasteiger partial charge in [0.25, 0.3) is 0 Å². The largest absolute Gasteiger partial charge is 0.455 e. The summed E-state index contributed by atoms with van der Waals surface area (Å²) >= 11 is 0. The van der Waals surface area contributed by atoms with Crippen molar-refractivity contribution in [2.75, 3.05) is 0 Å². The van der Waals surface area contributed by atoms with Gasteiger partial charge >= 0.3 is 0 Å². The van der Waals surface area contributed by atoms with Crippen molar-refractivity contribution in [3.63, 3.8) is 0 Å². The van der Waals surface area contributed by atoms with Gasteiger partial charge < -0.3 is 4.74 Å². The number of hydrogen-bond donors (Lipinski definition) is 0. The lowest BCUT2D eigenvalue weighted by atomic mass is 9.63. The summed E-state index contributed by atoms with van der Waals surface area (Å²) in [5.74, 6) is 2.49. The highest BCUT2D eigenvalue weighted by atomic mass is 16.5. The second kappa shape index (κ2) is 11.3. The molecule has 0 saturated carbocycles. The van der Waals surface area contributed by atoms with Crippen LogP contribution in [0, 0.1) is 0 Å². The molecular formula is C47H30N2O. The number of aromatic nitrogens is 2. The zero-order chi connectivity index (χ0) is 33.1. The van der Waals surface area contributed by atoms with Gasteiger partial charge in [-0.1, -0.05) is 170 Å². The van der Waals surface area contributed by atoms with Gasteiger partial charge in [-0.15, -0.1) is 0 Å². The first-order valence-corrected chi connectivity index (χ1v) is 17.0. The maximum atomic E-state index is 7.12. The van der Waals surface area contributed by atoms with E-state index in [0.717, 1.165) is 77.5 Å². The molecule has 0 aliphatic carbocycles. The molecule has 1 aromatic heterocycles. The van der Waals surface area contributed by atoms with E-state index in [1.165, 1.54) is 5.56 Å². The Balaban J connectivity index is 1.32. The third-order valence-corrected chi connectivity index (χ3v) is 10.2.